The maximum absolute atomic E-state index is 11.5. The van der Waals surface area contributed by atoms with E-state index in [-0.39, 0.29) is 31.2 Å². The number of likely N-dealkylation sites (tertiary alicyclic amines) is 1. The van der Waals surface area contributed by atoms with Crippen LogP contribution in [0.3, 0.4) is 0 Å². The van der Waals surface area contributed by atoms with Gasteiger partial charge in [0.05, 0.1) is 6.54 Å². The highest BCUT2D eigenvalue weighted by atomic mass is 16.4. The Labute approximate surface area is 110 Å². The number of hydrogen-bond donors (Lipinski definition) is 1. The lowest BCUT2D eigenvalue weighted by Crippen LogP contribution is -2.28. The number of carbonyl (C=O) groups is 3. The van der Waals surface area contributed by atoms with Gasteiger partial charge in [-0.05, 0) is 23.3 Å². The van der Waals surface area contributed by atoms with Gasteiger partial charge in [0.15, 0.2) is 0 Å². The number of carboxylic acids is 1. The number of hydrogen-bond acceptors (Lipinski definition) is 3. The average Bonchev–Trinajstić information content (AvgIpc) is 2.69. The third-order valence-corrected chi connectivity index (χ3v) is 2.86. The predicted molar refractivity (Wildman–Crippen MR) is 67.9 cm³/mol. The molecule has 0 atom stereocenters. The summed E-state index contributed by atoms with van der Waals surface area (Å²) in [5.41, 5.74) is 1.52. The largest absolute Gasteiger partial charge is 0.478 e. The lowest BCUT2D eigenvalue weighted by molar-refractivity contribution is -0.139. The fraction of sp³-hybridized carbons (Fsp3) is 0.214. The molecule has 1 aromatic rings. The highest BCUT2D eigenvalue weighted by Gasteiger charge is 2.28. The summed E-state index contributed by atoms with van der Waals surface area (Å²) in [6.45, 7) is 0.242. The minimum absolute atomic E-state index is 0.156. The summed E-state index contributed by atoms with van der Waals surface area (Å²) in [6, 6.07) is 7.09. The van der Waals surface area contributed by atoms with Gasteiger partial charge in [0.1, 0.15) is 0 Å². The molecule has 0 aliphatic carbocycles. The molecule has 0 unspecified atom stereocenters. The molecule has 0 radical (unpaired) electrons. The first-order valence-corrected chi connectivity index (χ1v) is 5.89. The van der Waals surface area contributed by atoms with Crippen LogP contribution in [0.2, 0.25) is 0 Å². The Hall–Kier alpha value is -2.43. The molecule has 1 aliphatic rings. The molecule has 1 heterocycles. The van der Waals surface area contributed by atoms with Crippen LogP contribution in [0.25, 0.3) is 6.08 Å². The Morgan fingerprint density at radius 1 is 1.26 bits per heavy atom. The summed E-state index contributed by atoms with van der Waals surface area (Å²) < 4.78 is 0. The predicted octanol–water partition coefficient (Wildman–Crippen LogP) is 1.43. The molecule has 0 aromatic heterocycles. The number of carbonyl (C=O) groups excluding carboxylic acids is 2. The summed E-state index contributed by atoms with van der Waals surface area (Å²) in [7, 11) is 0. The molecule has 0 saturated carbocycles. The Balaban J connectivity index is 2.13. The maximum Gasteiger partial charge on any atom is 0.328 e. The van der Waals surface area contributed by atoms with E-state index < -0.39 is 5.97 Å². The summed E-state index contributed by atoms with van der Waals surface area (Å²) >= 11 is 0. The van der Waals surface area contributed by atoms with Gasteiger partial charge in [-0.15, -0.1) is 0 Å². The SMILES string of the molecule is O=C(O)/C=C/c1cccc(CN2C(=O)CCC2=O)c1. The van der Waals surface area contributed by atoms with Gasteiger partial charge in [-0.25, -0.2) is 4.79 Å². The molecule has 5 nitrogen and oxygen atoms in total. The summed E-state index contributed by atoms with van der Waals surface area (Å²) in [4.78, 5) is 34.7. The van der Waals surface area contributed by atoms with Crippen LogP contribution in [0.15, 0.2) is 30.3 Å². The van der Waals surface area contributed by atoms with Gasteiger partial charge in [0.2, 0.25) is 11.8 Å². The van der Waals surface area contributed by atoms with E-state index in [1.807, 2.05) is 0 Å². The van der Waals surface area contributed by atoms with E-state index in [1.54, 1.807) is 24.3 Å². The second-order valence-electron chi connectivity index (χ2n) is 4.29. The second kappa shape index (κ2) is 5.48. The van der Waals surface area contributed by atoms with Crippen molar-refractivity contribution in [3.05, 3.63) is 41.5 Å². The van der Waals surface area contributed by atoms with Crippen molar-refractivity contribution in [1.82, 2.24) is 4.90 Å². The molecule has 1 N–H and O–H groups in total. The number of amides is 2. The van der Waals surface area contributed by atoms with Crippen LogP contribution in [-0.2, 0) is 20.9 Å². The van der Waals surface area contributed by atoms with Crippen molar-refractivity contribution in [2.24, 2.45) is 0 Å². The van der Waals surface area contributed by atoms with E-state index in [0.29, 0.717) is 0 Å². The fourth-order valence-corrected chi connectivity index (χ4v) is 1.94. The van der Waals surface area contributed by atoms with Crippen LogP contribution < -0.4 is 0 Å². The monoisotopic (exact) mass is 259 g/mol. The lowest BCUT2D eigenvalue weighted by Gasteiger charge is -2.13. The number of benzene rings is 1. The molecule has 2 amide bonds. The number of aliphatic carboxylic acids is 1. The molecule has 0 spiro atoms. The maximum atomic E-state index is 11.5. The van der Waals surface area contributed by atoms with E-state index >= 15 is 0 Å². The van der Waals surface area contributed by atoms with Gasteiger partial charge < -0.3 is 5.11 Å². The molecule has 1 aliphatic heterocycles. The first kappa shape index (κ1) is 13.0. The minimum atomic E-state index is -1.02. The zero-order chi connectivity index (χ0) is 13.8. The summed E-state index contributed by atoms with van der Waals surface area (Å²) in [5.74, 6) is -1.33. The van der Waals surface area contributed by atoms with Gasteiger partial charge in [0, 0.05) is 18.9 Å². The quantitative estimate of drug-likeness (QED) is 0.655. The first-order valence-electron chi connectivity index (χ1n) is 5.89. The molecule has 1 fully saturated rings. The molecule has 98 valence electrons. The fourth-order valence-electron chi connectivity index (χ4n) is 1.94. The van der Waals surface area contributed by atoms with Crippen molar-refractivity contribution in [2.75, 3.05) is 0 Å². The Bertz CT molecular complexity index is 546. The van der Waals surface area contributed by atoms with Crippen molar-refractivity contribution in [3.63, 3.8) is 0 Å². The number of rotatable bonds is 4. The molecular formula is C14H13NO4. The average molecular weight is 259 g/mol. The van der Waals surface area contributed by atoms with Crippen molar-refractivity contribution < 1.29 is 19.5 Å². The lowest BCUT2D eigenvalue weighted by atomic mass is 10.1. The smallest absolute Gasteiger partial charge is 0.328 e. The first-order chi connectivity index (χ1) is 9.06. The second-order valence-corrected chi connectivity index (χ2v) is 4.29. The topological polar surface area (TPSA) is 74.7 Å². The summed E-state index contributed by atoms with van der Waals surface area (Å²) in [5, 5.41) is 8.56. The minimum Gasteiger partial charge on any atom is -0.478 e. The van der Waals surface area contributed by atoms with E-state index in [1.165, 1.54) is 11.0 Å². The van der Waals surface area contributed by atoms with Gasteiger partial charge >= 0.3 is 5.97 Å². The van der Waals surface area contributed by atoms with E-state index in [2.05, 4.69) is 0 Å². The Kier molecular flexibility index (Phi) is 3.75. The third-order valence-electron chi connectivity index (χ3n) is 2.86. The number of carboxylic acid groups (broad SMARTS) is 1. The molecule has 1 saturated heterocycles. The third kappa shape index (κ3) is 3.28. The van der Waals surface area contributed by atoms with Crippen LogP contribution in [0.4, 0.5) is 0 Å². The zero-order valence-corrected chi connectivity index (χ0v) is 10.2. The molecule has 5 heteroatoms. The Morgan fingerprint density at radius 3 is 2.58 bits per heavy atom. The van der Waals surface area contributed by atoms with Crippen LogP contribution >= 0.6 is 0 Å². The molecule has 0 bridgehead atoms. The highest BCUT2D eigenvalue weighted by Crippen LogP contribution is 2.16. The highest BCUT2D eigenvalue weighted by molar-refractivity contribution is 6.01. The van der Waals surface area contributed by atoms with Crippen LogP contribution in [0.1, 0.15) is 24.0 Å². The summed E-state index contributed by atoms with van der Waals surface area (Å²) in [6.07, 6.45) is 3.07. The molecular weight excluding hydrogens is 246 g/mol. The Morgan fingerprint density at radius 2 is 1.95 bits per heavy atom. The van der Waals surface area contributed by atoms with Gasteiger partial charge in [0.25, 0.3) is 0 Å². The van der Waals surface area contributed by atoms with Crippen LogP contribution in [0.5, 0.6) is 0 Å². The zero-order valence-electron chi connectivity index (χ0n) is 10.2. The number of imide groups is 1. The standard InChI is InChI=1S/C14H13NO4/c16-12-5-6-13(17)15(12)9-11-3-1-2-10(8-11)4-7-14(18)19/h1-4,7-8H,5-6,9H2,(H,18,19)/b7-4+. The van der Waals surface area contributed by atoms with Crippen molar-refractivity contribution >= 4 is 23.9 Å². The van der Waals surface area contributed by atoms with E-state index in [9.17, 15) is 14.4 Å². The van der Waals surface area contributed by atoms with Crippen molar-refractivity contribution in [3.8, 4) is 0 Å². The van der Waals surface area contributed by atoms with Crippen LogP contribution in [0, 0.1) is 0 Å². The van der Waals surface area contributed by atoms with Gasteiger partial charge in [-0.2, -0.15) is 0 Å². The van der Waals surface area contributed by atoms with Crippen molar-refractivity contribution in [2.45, 2.75) is 19.4 Å². The number of nitrogens with zero attached hydrogens (tertiary/aromatic N) is 1. The molecule has 2 rings (SSSR count). The van der Waals surface area contributed by atoms with Gasteiger partial charge in [-0.3, -0.25) is 14.5 Å². The normalized spacial score (nSPS) is 15.5. The van der Waals surface area contributed by atoms with E-state index in [4.69, 9.17) is 5.11 Å². The van der Waals surface area contributed by atoms with Crippen LogP contribution in [-0.4, -0.2) is 27.8 Å². The molecule has 19 heavy (non-hydrogen) atoms. The van der Waals surface area contributed by atoms with E-state index in [0.717, 1.165) is 17.2 Å². The van der Waals surface area contributed by atoms with Crippen molar-refractivity contribution in [1.29, 1.82) is 0 Å². The van der Waals surface area contributed by atoms with Gasteiger partial charge in [-0.1, -0.05) is 18.2 Å². The molecule has 1 aromatic carbocycles.